The summed E-state index contributed by atoms with van der Waals surface area (Å²) in [6.45, 7) is 7.03. The molecule has 0 saturated carbocycles. The summed E-state index contributed by atoms with van der Waals surface area (Å²) in [4.78, 5) is 17.6. The van der Waals surface area contributed by atoms with Crippen molar-refractivity contribution in [2.75, 3.05) is 31.1 Å². The Kier molecular flexibility index (Phi) is 6.49. The van der Waals surface area contributed by atoms with Gasteiger partial charge in [0.15, 0.2) is 5.76 Å². The first-order valence-electron chi connectivity index (χ1n) is 10.3. The van der Waals surface area contributed by atoms with Gasteiger partial charge in [0.1, 0.15) is 5.76 Å². The standard InChI is InChI=1S/C24H25ClN2O3S/c1-17-7-8-18(2)21(15-17)26-11-13-27(14-12-26)24(28)22-10-9-19(30-22)16-31(29)23-6-4-3-5-20(23)25/h3-10,15H,11-14,16H2,1-2H3. The number of benzene rings is 2. The molecule has 0 N–H and O–H groups in total. The number of piperazine rings is 1. The first-order valence-corrected chi connectivity index (χ1v) is 11.9. The molecule has 0 bridgehead atoms. The Morgan fingerprint density at radius 1 is 1.03 bits per heavy atom. The molecule has 2 aromatic carbocycles. The van der Waals surface area contributed by atoms with Crippen molar-refractivity contribution in [3.05, 3.63) is 82.3 Å². The molecule has 3 aromatic rings. The van der Waals surface area contributed by atoms with Gasteiger partial charge in [-0.25, -0.2) is 0 Å². The first kappa shape index (κ1) is 21.7. The molecule has 0 aliphatic carbocycles. The molecule has 0 spiro atoms. The highest BCUT2D eigenvalue weighted by atomic mass is 35.5. The second-order valence-corrected chi connectivity index (χ2v) is 9.58. The summed E-state index contributed by atoms with van der Waals surface area (Å²) < 4.78 is 18.3. The minimum absolute atomic E-state index is 0.129. The van der Waals surface area contributed by atoms with Gasteiger partial charge >= 0.3 is 0 Å². The van der Waals surface area contributed by atoms with Crippen molar-refractivity contribution in [2.45, 2.75) is 24.5 Å². The van der Waals surface area contributed by atoms with Crippen molar-refractivity contribution in [3.8, 4) is 0 Å². The average molecular weight is 457 g/mol. The summed E-state index contributed by atoms with van der Waals surface area (Å²) in [5.41, 5.74) is 3.71. The van der Waals surface area contributed by atoms with Gasteiger partial charge < -0.3 is 14.2 Å². The zero-order chi connectivity index (χ0) is 22.0. The maximum atomic E-state index is 12.9. The van der Waals surface area contributed by atoms with Gasteiger partial charge in [-0.3, -0.25) is 9.00 Å². The van der Waals surface area contributed by atoms with Crippen molar-refractivity contribution in [1.29, 1.82) is 0 Å². The van der Waals surface area contributed by atoms with E-state index in [9.17, 15) is 9.00 Å². The van der Waals surface area contributed by atoms with Crippen LogP contribution in [0.5, 0.6) is 0 Å². The van der Waals surface area contributed by atoms with E-state index in [-0.39, 0.29) is 17.4 Å². The number of hydrogen-bond donors (Lipinski definition) is 0. The molecule has 1 aliphatic heterocycles. The molecule has 1 unspecified atom stereocenters. The van der Waals surface area contributed by atoms with E-state index in [1.165, 1.54) is 16.8 Å². The summed E-state index contributed by atoms with van der Waals surface area (Å²) in [6, 6.07) is 16.9. The number of carbonyl (C=O) groups is 1. The molecule has 1 aliphatic rings. The van der Waals surface area contributed by atoms with Crippen LogP contribution < -0.4 is 4.90 Å². The summed E-state index contributed by atoms with van der Waals surface area (Å²) in [6.07, 6.45) is 0. The van der Waals surface area contributed by atoms with Crippen LogP contribution >= 0.6 is 11.6 Å². The Balaban J connectivity index is 1.38. The molecule has 7 heteroatoms. The largest absolute Gasteiger partial charge is 0.455 e. The van der Waals surface area contributed by atoms with Gasteiger partial charge in [0.25, 0.3) is 5.91 Å². The van der Waals surface area contributed by atoms with Crippen LogP contribution in [0.2, 0.25) is 5.02 Å². The first-order chi connectivity index (χ1) is 14.9. The minimum Gasteiger partial charge on any atom is -0.455 e. The Labute approximate surface area is 190 Å². The van der Waals surface area contributed by atoms with Crippen LogP contribution in [0.15, 0.2) is 63.9 Å². The van der Waals surface area contributed by atoms with Crippen LogP contribution in [0, 0.1) is 13.8 Å². The Hall–Kier alpha value is -2.57. The van der Waals surface area contributed by atoms with Crippen molar-refractivity contribution in [3.63, 3.8) is 0 Å². The van der Waals surface area contributed by atoms with Crippen molar-refractivity contribution in [1.82, 2.24) is 4.90 Å². The average Bonchev–Trinajstić information content (AvgIpc) is 3.23. The smallest absolute Gasteiger partial charge is 0.289 e. The lowest BCUT2D eigenvalue weighted by Gasteiger charge is -2.36. The highest BCUT2D eigenvalue weighted by Crippen LogP contribution is 2.25. The SMILES string of the molecule is Cc1ccc(C)c(N2CCN(C(=O)c3ccc(CS(=O)c4ccccc4Cl)o3)CC2)c1. The van der Waals surface area contributed by atoms with E-state index in [0.717, 1.165) is 13.1 Å². The van der Waals surface area contributed by atoms with Crippen LogP contribution in [-0.4, -0.2) is 41.2 Å². The topological polar surface area (TPSA) is 53.8 Å². The van der Waals surface area contributed by atoms with Crippen LogP contribution in [0.4, 0.5) is 5.69 Å². The highest BCUT2D eigenvalue weighted by Gasteiger charge is 2.25. The van der Waals surface area contributed by atoms with E-state index in [0.29, 0.717) is 28.8 Å². The molecular weight excluding hydrogens is 432 g/mol. The van der Waals surface area contributed by atoms with Crippen molar-refractivity contribution >= 4 is 34.0 Å². The third-order valence-corrected chi connectivity index (χ3v) is 7.33. The Morgan fingerprint density at radius 3 is 2.52 bits per heavy atom. The fourth-order valence-corrected chi connectivity index (χ4v) is 5.25. The van der Waals surface area contributed by atoms with E-state index >= 15 is 0 Å². The molecule has 4 rings (SSSR count). The molecule has 1 saturated heterocycles. The normalized spacial score (nSPS) is 15.2. The zero-order valence-corrected chi connectivity index (χ0v) is 19.2. The number of carbonyl (C=O) groups excluding carboxylic acids is 1. The quantitative estimate of drug-likeness (QED) is 0.552. The molecule has 0 radical (unpaired) electrons. The highest BCUT2D eigenvalue weighted by molar-refractivity contribution is 7.84. The maximum Gasteiger partial charge on any atom is 0.289 e. The molecule has 162 valence electrons. The molecule has 1 atom stereocenters. The second kappa shape index (κ2) is 9.28. The Bertz CT molecular complexity index is 1120. The summed E-state index contributed by atoms with van der Waals surface area (Å²) >= 11 is 6.13. The summed E-state index contributed by atoms with van der Waals surface area (Å²) in [5, 5.41) is 0.463. The molecule has 1 fully saturated rings. The van der Waals surface area contributed by atoms with Gasteiger partial charge in [-0.05, 0) is 55.3 Å². The molecular formula is C24H25ClN2O3S. The lowest BCUT2D eigenvalue weighted by molar-refractivity contribution is 0.0713. The lowest BCUT2D eigenvalue weighted by Crippen LogP contribution is -2.49. The third-order valence-electron chi connectivity index (χ3n) is 5.50. The van der Waals surface area contributed by atoms with Crippen LogP contribution in [-0.2, 0) is 16.6 Å². The minimum atomic E-state index is -1.34. The third kappa shape index (κ3) is 4.86. The number of hydrogen-bond acceptors (Lipinski definition) is 4. The van der Waals surface area contributed by atoms with E-state index in [1.807, 2.05) is 4.90 Å². The van der Waals surface area contributed by atoms with Gasteiger partial charge in [-0.2, -0.15) is 0 Å². The van der Waals surface area contributed by atoms with Crippen LogP contribution in [0.25, 0.3) is 0 Å². The monoisotopic (exact) mass is 456 g/mol. The van der Waals surface area contributed by atoms with Gasteiger partial charge in [-0.15, -0.1) is 0 Å². The molecule has 31 heavy (non-hydrogen) atoms. The maximum absolute atomic E-state index is 12.9. The summed E-state index contributed by atoms with van der Waals surface area (Å²) in [5.74, 6) is 0.842. The fraction of sp³-hybridized carbons (Fsp3) is 0.292. The fourth-order valence-electron chi connectivity index (χ4n) is 3.77. The predicted octanol–water partition coefficient (Wildman–Crippen LogP) is 4.82. The van der Waals surface area contributed by atoms with Crippen LogP contribution in [0.3, 0.4) is 0 Å². The number of rotatable bonds is 5. The number of furan rings is 1. The van der Waals surface area contributed by atoms with Crippen molar-refractivity contribution < 1.29 is 13.4 Å². The van der Waals surface area contributed by atoms with Crippen LogP contribution in [0.1, 0.15) is 27.4 Å². The van der Waals surface area contributed by atoms with E-state index in [1.54, 1.807) is 36.4 Å². The number of aryl methyl sites for hydroxylation is 2. The van der Waals surface area contributed by atoms with Gasteiger partial charge in [0, 0.05) is 31.9 Å². The molecule has 1 amide bonds. The number of anilines is 1. The molecule has 2 heterocycles. The van der Waals surface area contributed by atoms with Gasteiger partial charge in [-0.1, -0.05) is 35.9 Å². The number of nitrogens with zero attached hydrogens (tertiary/aromatic N) is 2. The molecule has 1 aromatic heterocycles. The van der Waals surface area contributed by atoms with E-state index in [4.69, 9.17) is 16.0 Å². The zero-order valence-electron chi connectivity index (χ0n) is 17.6. The van der Waals surface area contributed by atoms with Gasteiger partial charge in [0.05, 0.1) is 26.5 Å². The lowest BCUT2D eigenvalue weighted by atomic mass is 10.1. The predicted molar refractivity (Wildman–Crippen MR) is 124 cm³/mol. The second-order valence-electron chi connectivity index (χ2n) is 7.76. The van der Waals surface area contributed by atoms with Crippen molar-refractivity contribution in [2.24, 2.45) is 0 Å². The van der Waals surface area contributed by atoms with Gasteiger partial charge in [0.2, 0.25) is 0 Å². The number of amides is 1. The summed E-state index contributed by atoms with van der Waals surface area (Å²) in [7, 11) is -1.34. The van der Waals surface area contributed by atoms with E-state index in [2.05, 4.69) is 36.9 Å². The molecule has 5 nitrogen and oxygen atoms in total. The van der Waals surface area contributed by atoms with E-state index < -0.39 is 10.8 Å². The number of halogens is 1. The Morgan fingerprint density at radius 2 is 1.77 bits per heavy atom.